The third kappa shape index (κ3) is 4.17. The summed E-state index contributed by atoms with van der Waals surface area (Å²) >= 11 is 1.38. The Balaban J connectivity index is 1.27. The maximum absolute atomic E-state index is 13.3. The van der Waals surface area contributed by atoms with Gasteiger partial charge in [0.05, 0.1) is 9.77 Å². The van der Waals surface area contributed by atoms with Crippen LogP contribution in [0.15, 0.2) is 15.5 Å². The highest BCUT2D eigenvalue weighted by Crippen LogP contribution is 2.41. The Labute approximate surface area is 186 Å². The molecule has 0 N–H and O–H groups in total. The fraction of sp³-hybridized carbons (Fsp3) is 0.667. The first-order valence-electron chi connectivity index (χ1n) is 11.2. The molecule has 2 aromatic heterocycles. The number of aromatic nitrogens is 2. The summed E-state index contributed by atoms with van der Waals surface area (Å²) in [6, 6.07) is 1.67. The van der Waals surface area contributed by atoms with Crippen molar-refractivity contribution >= 4 is 27.3 Å². The number of piperidine rings is 2. The van der Waals surface area contributed by atoms with Crippen molar-refractivity contribution in [2.45, 2.75) is 62.7 Å². The predicted octanol–water partition coefficient (Wildman–Crippen LogP) is 3.40. The smallest absolute Gasteiger partial charge is 0.244 e. The maximum Gasteiger partial charge on any atom is 0.244 e. The molecule has 5 rings (SSSR count). The van der Waals surface area contributed by atoms with E-state index in [1.165, 1.54) is 22.1 Å². The van der Waals surface area contributed by atoms with E-state index in [0.717, 1.165) is 43.6 Å². The predicted molar refractivity (Wildman–Crippen MR) is 116 cm³/mol. The normalized spacial score (nSPS) is 21.5. The van der Waals surface area contributed by atoms with Crippen molar-refractivity contribution in [2.75, 3.05) is 26.2 Å². The number of sulfonamides is 1. The number of carbonyl (C=O) groups excluding carboxylic acids is 1. The lowest BCUT2D eigenvalue weighted by Gasteiger charge is -2.35. The van der Waals surface area contributed by atoms with Crippen LogP contribution in [-0.2, 0) is 14.8 Å². The van der Waals surface area contributed by atoms with Gasteiger partial charge < -0.3 is 9.42 Å². The second-order valence-electron chi connectivity index (χ2n) is 8.83. The Morgan fingerprint density at radius 3 is 2.48 bits per heavy atom. The number of likely N-dealkylation sites (tertiary alicyclic amines) is 1. The molecule has 0 spiro atoms. The molecule has 3 aliphatic rings. The number of carbonyl (C=O) groups is 1. The highest BCUT2D eigenvalue weighted by Gasteiger charge is 2.36. The van der Waals surface area contributed by atoms with Crippen LogP contribution in [0.1, 0.15) is 61.6 Å². The van der Waals surface area contributed by atoms with E-state index in [4.69, 9.17) is 4.52 Å². The van der Waals surface area contributed by atoms with Gasteiger partial charge in [-0.25, -0.2) is 8.42 Å². The van der Waals surface area contributed by atoms with Crippen LogP contribution in [0.4, 0.5) is 0 Å². The molecule has 0 unspecified atom stereocenters. The zero-order chi connectivity index (χ0) is 21.6. The van der Waals surface area contributed by atoms with E-state index in [9.17, 15) is 13.2 Å². The van der Waals surface area contributed by atoms with Crippen LogP contribution in [0, 0.1) is 12.8 Å². The van der Waals surface area contributed by atoms with Crippen molar-refractivity contribution in [3.63, 3.8) is 0 Å². The first-order chi connectivity index (χ1) is 14.9. The molecule has 10 heteroatoms. The van der Waals surface area contributed by atoms with Crippen LogP contribution >= 0.6 is 11.3 Å². The number of rotatable bonds is 5. The highest BCUT2D eigenvalue weighted by atomic mass is 32.2. The average Bonchev–Trinajstić information content (AvgIpc) is 3.38. The lowest BCUT2D eigenvalue weighted by atomic mass is 9.95. The van der Waals surface area contributed by atoms with Crippen LogP contribution in [0.25, 0.3) is 10.7 Å². The van der Waals surface area contributed by atoms with Gasteiger partial charge in [0.1, 0.15) is 0 Å². The highest BCUT2D eigenvalue weighted by molar-refractivity contribution is 7.89. The van der Waals surface area contributed by atoms with E-state index in [1.807, 2.05) is 11.8 Å². The van der Waals surface area contributed by atoms with Gasteiger partial charge in [-0.3, -0.25) is 4.79 Å². The first kappa shape index (κ1) is 21.1. The molecule has 31 heavy (non-hydrogen) atoms. The molecule has 3 fully saturated rings. The lowest BCUT2D eigenvalue weighted by Crippen LogP contribution is -2.45. The summed E-state index contributed by atoms with van der Waals surface area (Å²) in [5, 5.41) is 4.04. The monoisotopic (exact) mass is 464 g/mol. The number of thiophene rings is 1. The van der Waals surface area contributed by atoms with E-state index in [2.05, 4.69) is 10.1 Å². The van der Waals surface area contributed by atoms with E-state index in [0.29, 0.717) is 53.3 Å². The van der Waals surface area contributed by atoms with Gasteiger partial charge in [-0.15, -0.1) is 11.3 Å². The van der Waals surface area contributed by atoms with Crippen molar-refractivity contribution in [3.05, 3.63) is 16.8 Å². The molecule has 8 nitrogen and oxygen atoms in total. The van der Waals surface area contributed by atoms with Gasteiger partial charge in [0.25, 0.3) is 0 Å². The molecule has 1 amide bonds. The fourth-order valence-electron chi connectivity index (χ4n) is 4.52. The van der Waals surface area contributed by atoms with Gasteiger partial charge in [0.2, 0.25) is 27.6 Å². The Hall–Kier alpha value is -1.78. The van der Waals surface area contributed by atoms with Crippen LogP contribution in [0.2, 0.25) is 0 Å². The van der Waals surface area contributed by atoms with E-state index in [-0.39, 0.29) is 11.8 Å². The molecular weight excluding hydrogens is 436 g/mol. The minimum atomic E-state index is -3.62. The number of nitrogens with zero attached hydrogens (tertiary/aromatic N) is 4. The number of hydrogen-bond acceptors (Lipinski definition) is 7. The van der Waals surface area contributed by atoms with Gasteiger partial charge in [-0.1, -0.05) is 5.16 Å². The molecule has 0 aromatic carbocycles. The minimum absolute atomic E-state index is 0.0659. The number of amides is 1. The van der Waals surface area contributed by atoms with Gasteiger partial charge in [-0.2, -0.15) is 9.29 Å². The van der Waals surface area contributed by atoms with E-state index < -0.39 is 10.0 Å². The summed E-state index contributed by atoms with van der Waals surface area (Å²) in [4.78, 5) is 20.9. The van der Waals surface area contributed by atoms with Gasteiger partial charge >= 0.3 is 0 Å². The van der Waals surface area contributed by atoms with Gasteiger partial charge in [0.15, 0.2) is 0 Å². The second kappa shape index (κ2) is 8.29. The molecule has 1 saturated carbocycles. The Morgan fingerprint density at radius 2 is 1.81 bits per heavy atom. The molecule has 2 saturated heterocycles. The standard InChI is InChI=1S/C21H28N4O4S2/c1-14-18(13-17(30-14)19-22-20(29-23-19)15-5-6-15)31(27,28)25-11-7-16(8-12-25)21(26)24-9-3-2-4-10-24/h13,15-16H,2-12H2,1H3. The van der Waals surface area contributed by atoms with Crippen LogP contribution in [-0.4, -0.2) is 59.8 Å². The van der Waals surface area contributed by atoms with Gasteiger partial charge in [0, 0.05) is 42.9 Å². The molecule has 1 aliphatic carbocycles. The molecule has 0 radical (unpaired) electrons. The average molecular weight is 465 g/mol. The fourth-order valence-corrected chi connectivity index (χ4v) is 7.47. The third-order valence-electron chi connectivity index (χ3n) is 6.55. The molecule has 2 aromatic rings. The summed E-state index contributed by atoms with van der Waals surface area (Å²) in [5.74, 6) is 1.60. The second-order valence-corrected chi connectivity index (χ2v) is 12.0. The van der Waals surface area contributed by atoms with E-state index >= 15 is 0 Å². The van der Waals surface area contributed by atoms with Crippen LogP contribution in [0.3, 0.4) is 0 Å². The summed E-state index contributed by atoms with van der Waals surface area (Å²) in [7, 11) is -3.62. The molecule has 4 heterocycles. The van der Waals surface area contributed by atoms with Crippen molar-refractivity contribution in [1.29, 1.82) is 0 Å². The first-order valence-corrected chi connectivity index (χ1v) is 13.4. The Bertz CT molecular complexity index is 1060. The van der Waals surface area contributed by atoms with Crippen LogP contribution in [0.5, 0.6) is 0 Å². The Morgan fingerprint density at radius 1 is 1.10 bits per heavy atom. The van der Waals surface area contributed by atoms with Crippen molar-refractivity contribution < 1.29 is 17.7 Å². The summed E-state index contributed by atoms with van der Waals surface area (Å²) in [5.41, 5.74) is 0. The SMILES string of the molecule is Cc1sc(-c2noc(C3CC3)n2)cc1S(=O)(=O)N1CCC(C(=O)N2CCCCC2)CC1. The molecular formula is C21H28N4O4S2. The van der Waals surface area contributed by atoms with E-state index in [1.54, 1.807) is 6.07 Å². The third-order valence-corrected chi connectivity index (χ3v) is 9.75. The lowest BCUT2D eigenvalue weighted by molar-refractivity contribution is -0.137. The van der Waals surface area contributed by atoms with Crippen LogP contribution < -0.4 is 0 Å². The maximum atomic E-state index is 13.3. The number of aryl methyl sites for hydroxylation is 1. The summed E-state index contributed by atoms with van der Waals surface area (Å²) in [6.07, 6.45) is 6.64. The molecule has 0 bridgehead atoms. The quantitative estimate of drug-likeness (QED) is 0.673. The minimum Gasteiger partial charge on any atom is -0.342 e. The zero-order valence-electron chi connectivity index (χ0n) is 17.7. The summed E-state index contributed by atoms with van der Waals surface area (Å²) in [6.45, 7) is 4.26. The van der Waals surface area contributed by atoms with Crippen molar-refractivity contribution in [3.8, 4) is 10.7 Å². The molecule has 168 valence electrons. The number of hydrogen-bond donors (Lipinski definition) is 0. The van der Waals surface area contributed by atoms with Gasteiger partial charge in [-0.05, 0) is 57.9 Å². The molecule has 2 aliphatic heterocycles. The molecule has 0 atom stereocenters. The zero-order valence-corrected chi connectivity index (χ0v) is 19.4. The summed E-state index contributed by atoms with van der Waals surface area (Å²) < 4.78 is 33.5. The topological polar surface area (TPSA) is 96.6 Å². The van der Waals surface area contributed by atoms with Crippen molar-refractivity contribution in [1.82, 2.24) is 19.3 Å². The van der Waals surface area contributed by atoms with Crippen molar-refractivity contribution in [2.24, 2.45) is 5.92 Å². The largest absolute Gasteiger partial charge is 0.342 e. The Kier molecular flexibility index (Phi) is 5.64.